The second kappa shape index (κ2) is 13.1. The highest BCUT2D eigenvalue weighted by molar-refractivity contribution is 7.99. The number of piperazine rings is 1. The maximum Gasteiger partial charge on any atom is 0.416 e. The third-order valence-corrected chi connectivity index (χ3v) is 7.12. The van der Waals surface area contributed by atoms with Crippen LogP contribution in [0.1, 0.15) is 18.9 Å². The van der Waals surface area contributed by atoms with Gasteiger partial charge in [-0.3, -0.25) is 9.69 Å². The van der Waals surface area contributed by atoms with Gasteiger partial charge in [-0.25, -0.2) is 0 Å². The van der Waals surface area contributed by atoms with Gasteiger partial charge in [0.2, 0.25) is 0 Å². The van der Waals surface area contributed by atoms with Crippen molar-refractivity contribution in [3.8, 4) is 0 Å². The van der Waals surface area contributed by atoms with E-state index in [1.807, 2.05) is 29.2 Å². The predicted molar refractivity (Wildman–Crippen MR) is 138 cm³/mol. The lowest BCUT2D eigenvalue weighted by Gasteiger charge is -2.36. The molecule has 0 aliphatic carbocycles. The molecule has 0 saturated carbocycles. The van der Waals surface area contributed by atoms with Crippen LogP contribution in [0, 0.1) is 0 Å². The van der Waals surface area contributed by atoms with Crippen molar-refractivity contribution in [1.29, 1.82) is 0 Å². The molecule has 194 valence electrons. The zero-order valence-electron chi connectivity index (χ0n) is 19.4. The van der Waals surface area contributed by atoms with Crippen LogP contribution in [0.25, 0.3) is 0 Å². The number of hydrogen-bond acceptors (Lipinski definition) is 6. The van der Waals surface area contributed by atoms with E-state index < -0.39 is 11.7 Å². The quantitative estimate of drug-likeness (QED) is 0.409. The molecule has 0 unspecified atom stereocenters. The Hall–Kier alpha value is -1.65. The van der Waals surface area contributed by atoms with Gasteiger partial charge in [-0.1, -0.05) is 23.9 Å². The van der Waals surface area contributed by atoms with E-state index in [9.17, 15) is 18.0 Å². The van der Waals surface area contributed by atoms with Crippen molar-refractivity contribution in [2.24, 2.45) is 0 Å². The van der Waals surface area contributed by atoms with E-state index in [1.165, 1.54) is 30.8 Å². The van der Waals surface area contributed by atoms with Gasteiger partial charge in [0, 0.05) is 56.0 Å². The Morgan fingerprint density at radius 2 is 1.54 bits per heavy atom. The van der Waals surface area contributed by atoms with E-state index in [1.54, 1.807) is 6.07 Å². The Morgan fingerprint density at radius 1 is 0.914 bits per heavy atom. The lowest BCUT2D eigenvalue weighted by molar-refractivity contribution is -0.141. The minimum atomic E-state index is -4.36. The summed E-state index contributed by atoms with van der Waals surface area (Å²) in [6.45, 7) is 7.82. The van der Waals surface area contributed by atoms with Crippen molar-refractivity contribution < 1.29 is 22.7 Å². The van der Waals surface area contributed by atoms with Crippen LogP contribution in [0.5, 0.6) is 0 Å². The van der Waals surface area contributed by atoms with E-state index in [2.05, 4.69) is 9.80 Å². The van der Waals surface area contributed by atoms with Crippen molar-refractivity contribution in [3.63, 3.8) is 0 Å². The number of rotatable bonds is 7. The number of anilines is 2. The van der Waals surface area contributed by atoms with E-state index >= 15 is 0 Å². The summed E-state index contributed by atoms with van der Waals surface area (Å²) >= 11 is 1.52. The molecule has 2 aliphatic rings. The Labute approximate surface area is 220 Å². The lowest BCUT2D eigenvalue weighted by Crippen LogP contribution is -2.47. The molecule has 11 heteroatoms. The molecule has 0 amide bonds. The molecule has 2 aliphatic heterocycles. The van der Waals surface area contributed by atoms with Crippen LogP contribution in [0.2, 0.25) is 0 Å². The first kappa shape index (κ1) is 29.6. The largest absolute Gasteiger partial charge is 0.465 e. The van der Waals surface area contributed by atoms with Gasteiger partial charge in [0.15, 0.2) is 0 Å². The van der Waals surface area contributed by atoms with Crippen molar-refractivity contribution in [3.05, 3.63) is 48.0 Å². The third kappa shape index (κ3) is 7.67. The molecule has 1 saturated heterocycles. The highest BCUT2D eigenvalue weighted by Crippen LogP contribution is 2.49. The van der Waals surface area contributed by atoms with Gasteiger partial charge >= 0.3 is 12.1 Å². The maximum atomic E-state index is 13.4. The fourth-order valence-electron chi connectivity index (χ4n) is 4.25. The van der Waals surface area contributed by atoms with Crippen LogP contribution >= 0.6 is 36.6 Å². The molecule has 4 rings (SSSR count). The molecule has 0 bridgehead atoms. The second-order valence-corrected chi connectivity index (χ2v) is 9.36. The monoisotopic (exact) mass is 551 g/mol. The number of nitrogens with zero attached hydrogens (tertiary/aromatic N) is 3. The Balaban J connectivity index is 0.00000216. The van der Waals surface area contributed by atoms with Gasteiger partial charge in [0.25, 0.3) is 0 Å². The standard InChI is InChI=1S/C24H28F3N3O2S.2ClH/c1-18(31)32-16-15-29-13-11-28(12-14-29)9-4-10-30-20-5-2-3-6-22(20)33-23-8-7-19(17-21(23)30)24(25,26)27;;/h2-3,5-8,17H,4,9-16H2,1H3;2*1H. The summed E-state index contributed by atoms with van der Waals surface area (Å²) in [6.07, 6.45) is -3.51. The zero-order chi connectivity index (χ0) is 23.4. The minimum absolute atomic E-state index is 0. The fraction of sp³-hybridized carbons (Fsp3) is 0.458. The lowest BCUT2D eigenvalue weighted by atomic mass is 10.1. The number of alkyl halides is 3. The van der Waals surface area contributed by atoms with Crippen LogP contribution < -0.4 is 4.90 Å². The van der Waals surface area contributed by atoms with Crippen LogP contribution in [0.4, 0.5) is 24.5 Å². The number of benzene rings is 2. The summed E-state index contributed by atoms with van der Waals surface area (Å²) in [4.78, 5) is 19.5. The van der Waals surface area contributed by atoms with E-state index in [0.717, 1.165) is 61.2 Å². The van der Waals surface area contributed by atoms with Crippen LogP contribution in [0.15, 0.2) is 52.3 Å². The molecule has 0 spiro atoms. The van der Waals surface area contributed by atoms with Crippen molar-refractivity contribution in [2.75, 3.05) is 57.3 Å². The summed E-state index contributed by atoms with van der Waals surface area (Å²) in [7, 11) is 0. The predicted octanol–water partition coefficient (Wildman–Crippen LogP) is 5.72. The molecule has 1 fully saturated rings. The average molecular weight is 552 g/mol. The zero-order valence-corrected chi connectivity index (χ0v) is 21.9. The first-order valence-corrected chi connectivity index (χ1v) is 12.0. The minimum Gasteiger partial charge on any atom is -0.465 e. The number of halogens is 5. The molecule has 2 aromatic rings. The molecule has 0 N–H and O–H groups in total. The average Bonchev–Trinajstić information content (AvgIpc) is 2.78. The molecule has 35 heavy (non-hydrogen) atoms. The topological polar surface area (TPSA) is 36.0 Å². The van der Waals surface area contributed by atoms with Crippen molar-refractivity contribution in [1.82, 2.24) is 9.80 Å². The summed E-state index contributed by atoms with van der Waals surface area (Å²) in [5.74, 6) is -0.254. The first-order valence-electron chi connectivity index (χ1n) is 11.1. The highest BCUT2D eigenvalue weighted by atomic mass is 35.5. The number of hydrogen-bond donors (Lipinski definition) is 0. The summed E-state index contributed by atoms with van der Waals surface area (Å²) < 4.78 is 45.1. The molecule has 0 radical (unpaired) electrons. The number of para-hydroxylation sites is 1. The second-order valence-electron chi connectivity index (χ2n) is 8.28. The summed E-state index contributed by atoms with van der Waals surface area (Å²) in [5, 5.41) is 0. The fourth-order valence-corrected chi connectivity index (χ4v) is 5.33. The normalized spacial score (nSPS) is 15.9. The van der Waals surface area contributed by atoms with Crippen LogP contribution in [-0.2, 0) is 15.7 Å². The first-order chi connectivity index (χ1) is 15.8. The molecule has 5 nitrogen and oxygen atoms in total. The van der Waals surface area contributed by atoms with E-state index in [4.69, 9.17) is 4.74 Å². The summed E-state index contributed by atoms with van der Waals surface area (Å²) in [5.41, 5.74) is 0.976. The van der Waals surface area contributed by atoms with E-state index in [-0.39, 0.29) is 30.8 Å². The Kier molecular flexibility index (Phi) is 11.0. The van der Waals surface area contributed by atoms with Gasteiger partial charge in [0.1, 0.15) is 6.61 Å². The van der Waals surface area contributed by atoms with Crippen molar-refractivity contribution >= 4 is 53.9 Å². The Bertz CT molecular complexity index is 989. The van der Waals surface area contributed by atoms with E-state index in [0.29, 0.717) is 18.8 Å². The van der Waals surface area contributed by atoms with Gasteiger partial charge < -0.3 is 14.5 Å². The van der Waals surface area contributed by atoms with Gasteiger partial charge in [-0.15, -0.1) is 24.8 Å². The highest BCUT2D eigenvalue weighted by Gasteiger charge is 2.33. The SMILES string of the molecule is CC(=O)OCCN1CCN(CCCN2c3ccccc3Sc3ccc(C(F)(F)F)cc32)CC1.Cl.Cl. The number of esters is 1. The molecule has 0 atom stereocenters. The van der Waals surface area contributed by atoms with Gasteiger partial charge in [0.05, 0.1) is 16.9 Å². The maximum absolute atomic E-state index is 13.4. The smallest absolute Gasteiger partial charge is 0.416 e. The molecule has 2 heterocycles. The number of carbonyl (C=O) groups is 1. The van der Waals surface area contributed by atoms with Gasteiger partial charge in [-0.05, 0) is 43.3 Å². The van der Waals surface area contributed by atoms with Crippen LogP contribution in [-0.4, -0.2) is 68.2 Å². The summed E-state index contributed by atoms with van der Waals surface area (Å²) in [6, 6.07) is 11.9. The molecule has 0 aromatic heterocycles. The number of carbonyl (C=O) groups excluding carboxylic acids is 1. The molecular formula is C24H30Cl2F3N3O2S. The molecular weight excluding hydrogens is 522 g/mol. The van der Waals surface area contributed by atoms with Crippen LogP contribution in [0.3, 0.4) is 0 Å². The number of ether oxygens (including phenoxy) is 1. The molecule has 2 aromatic carbocycles. The third-order valence-electron chi connectivity index (χ3n) is 5.99. The van der Waals surface area contributed by atoms with Crippen molar-refractivity contribution in [2.45, 2.75) is 29.3 Å². The Morgan fingerprint density at radius 3 is 2.20 bits per heavy atom. The van der Waals surface area contributed by atoms with Gasteiger partial charge in [-0.2, -0.15) is 13.2 Å². The number of fused-ring (bicyclic) bond motifs is 2.